The summed E-state index contributed by atoms with van der Waals surface area (Å²) >= 11 is 3.46. The van der Waals surface area contributed by atoms with E-state index < -0.39 is 0 Å². The molecule has 94 valence electrons. The first-order valence-electron chi connectivity index (χ1n) is 5.88. The van der Waals surface area contributed by atoms with E-state index in [2.05, 4.69) is 20.9 Å². The van der Waals surface area contributed by atoms with Crippen LogP contribution in [0.1, 0.15) is 26.3 Å². The number of pyridine rings is 1. The number of aromatic nitrogens is 1. The molecular weight excluding hydrogens is 280 g/mol. The van der Waals surface area contributed by atoms with Gasteiger partial charge in [0.1, 0.15) is 0 Å². The summed E-state index contributed by atoms with van der Waals surface area (Å²) in [6.07, 6.45) is 3.50. The SMILES string of the molecule is CCN(Cc1ccncc1)C(=O)C(Br)C(C)C. The summed E-state index contributed by atoms with van der Waals surface area (Å²) in [5, 5.41) is 0. The van der Waals surface area contributed by atoms with E-state index in [-0.39, 0.29) is 10.7 Å². The Morgan fingerprint density at radius 3 is 2.47 bits per heavy atom. The molecule has 0 bridgehead atoms. The van der Waals surface area contributed by atoms with Crippen molar-refractivity contribution in [1.82, 2.24) is 9.88 Å². The predicted octanol–water partition coefficient (Wildman–Crippen LogP) is 2.85. The minimum absolute atomic E-state index is 0.107. The molecule has 0 aromatic carbocycles. The van der Waals surface area contributed by atoms with Gasteiger partial charge in [-0.1, -0.05) is 29.8 Å². The van der Waals surface area contributed by atoms with E-state index in [0.717, 1.165) is 12.1 Å². The largest absolute Gasteiger partial charge is 0.338 e. The second-order valence-corrected chi connectivity index (χ2v) is 5.34. The first-order chi connectivity index (χ1) is 8.06. The van der Waals surface area contributed by atoms with Gasteiger partial charge in [0, 0.05) is 25.5 Å². The summed E-state index contributed by atoms with van der Waals surface area (Å²) < 4.78 is 0. The van der Waals surface area contributed by atoms with Crippen molar-refractivity contribution in [2.24, 2.45) is 5.92 Å². The van der Waals surface area contributed by atoms with Gasteiger partial charge in [0.25, 0.3) is 0 Å². The normalized spacial score (nSPS) is 12.5. The zero-order valence-electron chi connectivity index (χ0n) is 10.6. The third-order valence-electron chi connectivity index (χ3n) is 2.64. The zero-order chi connectivity index (χ0) is 12.8. The highest BCUT2D eigenvalue weighted by Crippen LogP contribution is 2.16. The summed E-state index contributed by atoms with van der Waals surface area (Å²) in [6.45, 7) is 7.44. The van der Waals surface area contributed by atoms with Crippen molar-refractivity contribution in [3.63, 3.8) is 0 Å². The minimum Gasteiger partial charge on any atom is -0.338 e. The summed E-state index contributed by atoms with van der Waals surface area (Å²) in [7, 11) is 0. The van der Waals surface area contributed by atoms with Crippen LogP contribution in [-0.2, 0) is 11.3 Å². The lowest BCUT2D eigenvalue weighted by Gasteiger charge is -2.25. The Morgan fingerprint density at radius 1 is 1.41 bits per heavy atom. The van der Waals surface area contributed by atoms with Gasteiger partial charge in [0.15, 0.2) is 0 Å². The molecule has 0 aliphatic rings. The van der Waals surface area contributed by atoms with Crippen LogP contribution in [0.25, 0.3) is 0 Å². The number of carbonyl (C=O) groups is 1. The second kappa shape index (κ2) is 6.74. The van der Waals surface area contributed by atoms with Crippen LogP contribution in [0.4, 0.5) is 0 Å². The molecule has 1 unspecified atom stereocenters. The lowest BCUT2D eigenvalue weighted by atomic mass is 10.1. The highest BCUT2D eigenvalue weighted by atomic mass is 79.9. The van der Waals surface area contributed by atoms with E-state index >= 15 is 0 Å². The van der Waals surface area contributed by atoms with E-state index in [0.29, 0.717) is 12.5 Å². The number of hydrogen-bond acceptors (Lipinski definition) is 2. The Hall–Kier alpha value is -0.900. The summed E-state index contributed by atoms with van der Waals surface area (Å²) in [6, 6.07) is 3.88. The van der Waals surface area contributed by atoms with Gasteiger partial charge in [-0.05, 0) is 30.5 Å². The molecule has 0 saturated heterocycles. The van der Waals surface area contributed by atoms with Crippen LogP contribution in [0.2, 0.25) is 0 Å². The smallest absolute Gasteiger partial charge is 0.236 e. The van der Waals surface area contributed by atoms with E-state index in [9.17, 15) is 4.79 Å². The van der Waals surface area contributed by atoms with Crippen LogP contribution in [0.15, 0.2) is 24.5 Å². The fourth-order valence-electron chi connectivity index (χ4n) is 1.51. The summed E-state index contributed by atoms with van der Waals surface area (Å²) in [5.74, 6) is 0.452. The predicted molar refractivity (Wildman–Crippen MR) is 72.9 cm³/mol. The number of amides is 1. The highest BCUT2D eigenvalue weighted by molar-refractivity contribution is 9.10. The first kappa shape index (κ1) is 14.2. The molecule has 1 aromatic heterocycles. The molecular formula is C13H19BrN2O. The number of rotatable bonds is 5. The fourth-order valence-corrected chi connectivity index (χ4v) is 1.80. The molecule has 0 N–H and O–H groups in total. The number of halogens is 1. The summed E-state index contributed by atoms with van der Waals surface area (Å²) in [5.41, 5.74) is 1.11. The third-order valence-corrected chi connectivity index (χ3v) is 4.09. The fraction of sp³-hybridized carbons (Fsp3) is 0.538. The molecule has 1 amide bonds. The Bertz CT molecular complexity index is 354. The van der Waals surface area contributed by atoms with E-state index in [1.165, 1.54) is 0 Å². The maximum atomic E-state index is 12.2. The Balaban J connectivity index is 2.69. The van der Waals surface area contributed by atoms with Gasteiger partial charge in [-0.2, -0.15) is 0 Å². The van der Waals surface area contributed by atoms with Crippen LogP contribution in [-0.4, -0.2) is 27.2 Å². The van der Waals surface area contributed by atoms with Crippen LogP contribution < -0.4 is 0 Å². The number of nitrogens with zero attached hydrogens (tertiary/aromatic N) is 2. The minimum atomic E-state index is -0.107. The van der Waals surface area contributed by atoms with Crippen molar-refractivity contribution < 1.29 is 4.79 Å². The molecule has 0 aliphatic carbocycles. The average Bonchev–Trinajstić information content (AvgIpc) is 2.35. The standard InChI is InChI=1S/C13H19BrN2O/c1-4-16(13(17)12(14)10(2)3)9-11-5-7-15-8-6-11/h5-8,10,12H,4,9H2,1-3H3. The average molecular weight is 299 g/mol. The highest BCUT2D eigenvalue weighted by Gasteiger charge is 2.23. The molecule has 0 spiro atoms. The Labute approximate surface area is 111 Å². The maximum Gasteiger partial charge on any atom is 0.236 e. The van der Waals surface area contributed by atoms with Gasteiger partial charge >= 0.3 is 0 Å². The van der Waals surface area contributed by atoms with E-state index in [4.69, 9.17) is 0 Å². The molecule has 1 atom stereocenters. The van der Waals surface area contributed by atoms with E-state index in [1.54, 1.807) is 12.4 Å². The maximum absolute atomic E-state index is 12.2. The molecule has 0 saturated carbocycles. The number of hydrogen-bond donors (Lipinski definition) is 0. The van der Waals surface area contributed by atoms with E-state index in [1.807, 2.05) is 37.8 Å². The van der Waals surface area contributed by atoms with Crippen molar-refractivity contribution in [3.05, 3.63) is 30.1 Å². The number of carbonyl (C=O) groups excluding carboxylic acids is 1. The van der Waals surface area contributed by atoms with Gasteiger partial charge in [-0.15, -0.1) is 0 Å². The van der Waals surface area contributed by atoms with Crippen LogP contribution in [0.3, 0.4) is 0 Å². The lowest BCUT2D eigenvalue weighted by Crippen LogP contribution is -2.38. The van der Waals surface area contributed by atoms with Gasteiger partial charge in [-0.25, -0.2) is 0 Å². The molecule has 0 fully saturated rings. The van der Waals surface area contributed by atoms with Crippen molar-refractivity contribution in [1.29, 1.82) is 0 Å². The van der Waals surface area contributed by atoms with Crippen LogP contribution >= 0.6 is 15.9 Å². The molecule has 17 heavy (non-hydrogen) atoms. The monoisotopic (exact) mass is 298 g/mol. The van der Waals surface area contributed by atoms with Gasteiger partial charge < -0.3 is 4.90 Å². The Morgan fingerprint density at radius 2 is 2.00 bits per heavy atom. The third kappa shape index (κ3) is 4.11. The zero-order valence-corrected chi connectivity index (χ0v) is 12.1. The van der Waals surface area contributed by atoms with Crippen molar-refractivity contribution in [3.8, 4) is 0 Å². The number of alkyl halides is 1. The molecule has 0 aliphatic heterocycles. The van der Waals surface area contributed by atoms with Gasteiger partial charge in [0.05, 0.1) is 4.83 Å². The Kier molecular flexibility index (Phi) is 5.62. The van der Waals surface area contributed by atoms with Gasteiger partial charge in [0.2, 0.25) is 5.91 Å². The quantitative estimate of drug-likeness (QED) is 0.783. The van der Waals surface area contributed by atoms with Crippen molar-refractivity contribution >= 4 is 21.8 Å². The molecule has 0 radical (unpaired) electrons. The topological polar surface area (TPSA) is 33.2 Å². The molecule has 3 nitrogen and oxygen atoms in total. The molecule has 4 heteroatoms. The first-order valence-corrected chi connectivity index (χ1v) is 6.79. The molecule has 1 heterocycles. The lowest BCUT2D eigenvalue weighted by molar-refractivity contribution is -0.131. The van der Waals surface area contributed by atoms with Crippen molar-refractivity contribution in [2.75, 3.05) is 6.54 Å². The van der Waals surface area contributed by atoms with Gasteiger partial charge in [-0.3, -0.25) is 9.78 Å². The van der Waals surface area contributed by atoms with Crippen LogP contribution in [0.5, 0.6) is 0 Å². The second-order valence-electron chi connectivity index (χ2n) is 4.35. The molecule has 1 rings (SSSR count). The van der Waals surface area contributed by atoms with Crippen molar-refractivity contribution in [2.45, 2.75) is 32.1 Å². The van der Waals surface area contributed by atoms with Crippen LogP contribution in [0, 0.1) is 5.92 Å². The molecule has 1 aromatic rings. The summed E-state index contributed by atoms with van der Waals surface area (Å²) in [4.78, 5) is 17.9.